The smallest absolute Gasteiger partial charge is 0.240 e. The Morgan fingerprint density at radius 2 is 1.92 bits per heavy atom. The molecule has 26 heavy (non-hydrogen) atoms. The van der Waals surface area contributed by atoms with Crippen molar-refractivity contribution in [1.29, 1.82) is 0 Å². The van der Waals surface area contributed by atoms with Crippen molar-refractivity contribution in [2.45, 2.75) is 37.1 Å². The van der Waals surface area contributed by atoms with Crippen molar-refractivity contribution in [3.63, 3.8) is 0 Å². The molecule has 0 radical (unpaired) electrons. The van der Waals surface area contributed by atoms with Crippen LogP contribution in [0.4, 0.5) is 5.69 Å². The first-order valence-corrected chi connectivity index (χ1v) is 10.7. The zero-order valence-corrected chi connectivity index (χ0v) is 17.1. The molecule has 0 unspecified atom stereocenters. The molecule has 1 aliphatic heterocycles. The van der Waals surface area contributed by atoms with Gasteiger partial charge in [-0.1, -0.05) is 28.1 Å². The lowest BCUT2D eigenvalue weighted by Gasteiger charge is -2.23. The number of carbonyl (C=O) groups is 1. The van der Waals surface area contributed by atoms with Gasteiger partial charge >= 0.3 is 0 Å². The van der Waals surface area contributed by atoms with E-state index in [-0.39, 0.29) is 16.8 Å². The first kappa shape index (κ1) is 19.1. The minimum Gasteiger partial charge on any atom is -0.309 e. The summed E-state index contributed by atoms with van der Waals surface area (Å²) in [6.07, 6.45) is 1.82. The summed E-state index contributed by atoms with van der Waals surface area (Å²) in [7, 11) is -2.05. The van der Waals surface area contributed by atoms with Gasteiger partial charge in [0, 0.05) is 22.6 Å². The number of carbonyl (C=O) groups excluding carboxylic acids is 1. The van der Waals surface area contributed by atoms with Crippen molar-refractivity contribution in [3.8, 4) is 0 Å². The summed E-state index contributed by atoms with van der Waals surface area (Å²) >= 11 is 3.48. The van der Waals surface area contributed by atoms with E-state index < -0.39 is 10.0 Å². The number of rotatable bonds is 5. The molecule has 2 aromatic rings. The van der Waals surface area contributed by atoms with Crippen molar-refractivity contribution in [2.75, 3.05) is 11.9 Å². The van der Waals surface area contributed by atoms with Crippen molar-refractivity contribution in [3.05, 3.63) is 58.1 Å². The van der Waals surface area contributed by atoms with Gasteiger partial charge in [-0.25, -0.2) is 13.1 Å². The summed E-state index contributed by atoms with van der Waals surface area (Å²) in [6.45, 7) is 2.06. The van der Waals surface area contributed by atoms with E-state index in [9.17, 15) is 13.2 Å². The van der Waals surface area contributed by atoms with Gasteiger partial charge < -0.3 is 4.90 Å². The molecule has 0 aliphatic carbocycles. The normalized spacial score (nSPS) is 16.6. The Morgan fingerprint density at radius 3 is 2.58 bits per heavy atom. The van der Waals surface area contributed by atoms with Crippen LogP contribution in [0.5, 0.6) is 0 Å². The Morgan fingerprint density at radius 1 is 1.23 bits per heavy atom. The van der Waals surface area contributed by atoms with Crippen molar-refractivity contribution >= 4 is 37.5 Å². The van der Waals surface area contributed by atoms with E-state index >= 15 is 0 Å². The van der Waals surface area contributed by atoms with Crippen LogP contribution in [0.2, 0.25) is 0 Å². The van der Waals surface area contributed by atoms with E-state index in [1.165, 1.54) is 12.6 Å². The number of aryl methyl sites for hydroxylation is 1. The molecule has 0 aromatic heterocycles. The maximum absolute atomic E-state index is 12.8. The van der Waals surface area contributed by atoms with Gasteiger partial charge in [0.15, 0.2) is 0 Å². The summed E-state index contributed by atoms with van der Waals surface area (Å²) in [5.41, 5.74) is 3.11. The third-order valence-corrected chi connectivity index (χ3v) is 6.58. The second-order valence-corrected chi connectivity index (χ2v) is 9.24. The van der Waals surface area contributed by atoms with Crippen LogP contribution in [-0.2, 0) is 27.7 Å². The van der Waals surface area contributed by atoms with Crippen LogP contribution < -0.4 is 9.62 Å². The number of hydrogen-bond acceptors (Lipinski definition) is 3. The van der Waals surface area contributed by atoms with Crippen LogP contribution in [0.25, 0.3) is 0 Å². The summed E-state index contributed by atoms with van der Waals surface area (Å²) < 4.78 is 26.8. The molecule has 1 N–H and O–H groups in total. The van der Waals surface area contributed by atoms with Crippen molar-refractivity contribution < 1.29 is 13.2 Å². The number of halogens is 1. The first-order valence-electron chi connectivity index (χ1n) is 8.45. The Bertz CT molecular complexity index is 926. The standard InChI is InChI=1S/C19H21BrN2O3S/c1-13-11-15-12-16(20)6-9-18(15)22(13)19(23)10-5-14-3-7-17(8-4-14)26(24,25)21-2/h3-4,6-9,12-13,21H,5,10-11H2,1-2H3/t13-/m0/s1. The highest BCUT2D eigenvalue weighted by Crippen LogP contribution is 2.34. The molecule has 138 valence electrons. The average molecular weight is 437 g/mol. The highest BCUT2D eigenvalue weighted by molar-refractivity contribution is 9.10. The number of sulfonamides is 1. The van der Waals surface area contributed by atoms with Crippen molar-refractivity contribution in [1.82, 2.24) is 4.72 Å². The highest BCUT2D eigenvalue weighted by Gasteiger charge is 2.30. The van der Waals surface area contributed by atoms with Gasteiger partial charge in [0.25, 0.3) is 0 Å². The Balaban J connectivity index is 1.68. The zero-order valence-electron chi connectivity index (χ0n) is 14.7. The third-order valence-electron chi connectivity index (χ3n) is 4.66. The van der Waals surface area contributed by atoms with E-state index in [0.717, 1.165) is 22.1 Å². The summed E-state index contributed by atoms with van der Waals surface area (Å²) in [5.74, 6) is 0.0884. The van der Waals surface area contributed by atoms with Crippen LogP contribution >= 0.6 is 15.9 Å². The average Bonchev–Trinajstić information content (AvgIpc) is 2.94. The Hall–Kier alpha value is -1.70. The zero-order chi connectivity index (χ0) is 18.9. The fourth-order valence-electron chi connectivity index (χ4n) is 3.30. The quantitative estimate of drug-likeness (QED) is 0.781. The van der Waals surface area contributed by atoms with E-state index in [1.54, 1.807) is 24.3 Å². The molecule has 0 saturated carbocycles. The number of amides is 1. The molecule has 0 saturated heterocycles. The van der Waals surface area contributed by atoms with Gasteiger partial charge in [0.2, 0.25) is 15.9 Å². The minimum absolute atomic E-state index is 0.0884. The SMILES string of the molecule is CNS(=O)(=O)c1ccc(CCC(=O)N2c3ccc(Br)cc3C[C@@H]2C)cc1. The molecule has 2 aromatic carbocycles. The number of nitrogens with zero attached hydrogens (tertiary/aromatic N) is 1. The van der Waals surface area contributed by atoms with Crippen LogP contribution in [0.15, 0.2) is 51.8 Å². The summed E-state index contributed by atoms with van der Waals surface area (Å²) in [4.78, 5) is 14.9. The third kappa shape index (κ3) is 3.84. The monoisotopic (exact) mass is 436 g/mol. The van der Waals surface area contributed by atoms with E-state index in [0.29, 0.717) is 12.8 Å². The fourth-order valence-corrected chi connectivity index (χ4v) is 4.44. The lowest BCUT2D eigenvalue weighted by Crippen LogP contribution is -2.35. The molecule has 1 atom stereocenters. The van der Waals surface area contributed by atoms with Crippen LogP contribution in [-0.4, -0.2) is 27.4 Å². The van der Waals surface area contributed by atoms with Gasteiger partial charge in [-0.05, 0) is 68.3 Å². The molecule has 3 rings (SSSR count). The van der Waals surface area contributed by atoms with Crippen LogP contribution in [0.3, 0.4) is 0 Å². The van der Waals surface area contributed by atoms with Crippen LogP contribution in [0.1, 0.15) is 24.5 Å². The number of fused-ring (bicyclic) bond motifs is 1. The summed E-state index contributed by atoms with van der Waals surface area (Å²) in [5, 5.41) is 0. The van der Waals surface area contributed by atoms with Crippen LogP contribution in [0, 0.1) is 0 Å². The molecule has 1 amide bonds. The second kappa shape index (κ2) is 7.50. The lowest BCUT2D eigenvalue weighted by molar-refractivity contribution is -0.118. The Labute approximate surface area is 162 Å². The number of anilines is 1. The fraction of sp³-hybridized carbons (Fsp3) is 0.316. The van der Waals surface area contributed by atoms with Gasteiger partial charge in [0.1, 0.15) is 0 Å². The first-order chi connectivity index (χ1) is 12.3. The number of hydrogen-bond donors (Lipinski definition) is 1. The number of benzene rings is 2. The topological polar surface area (TPSA) is 66.5 Å². The largest absolute Gasteiger partial charge is 0.309 e. The molecule has 1 aliphatic rings. The molecule has 5 nitrogen and oxygen atoms in total. The molecule has 0 bridgehead atoms. The summed E-state index contributed by atoms with van der Waals surface area (Å²) in [6, 6.07) is 12.8. The maximum atomic E-state index is 12.8. The molecule has 0 spiro atoms. The van der Waals surface area contributed by atoms with Gasteiger partial charge in [-0.3, -0.25) is 4.79 Å². The van der Waals surface area contributed by atoms with E-state index in [2.05, 4.69) is 33.6 Å². The lowest BCUT2D eigenvalue weighted by atomic mass is 10.1. The predicted octanol–water partition coefficient (Wildman–Crippen LogP) is 3.27. The van der Waals surface area contributed by atoms with Gasteiger partial charge in [0.05, 0.1) is 4.90 Å². The molecule has 0 fully saturated rings. The Kier molecular flexibility index (Phi) is 5.50. The number of nitrogens with one attached hydrogen (secondary N) is 1. The molecule has 1 heterocycles. The molecular weight excluding hydrogens is 416 g/mol. The van der Waals surface area contributed by atoms with E-state index in [1.807, 2.05) is 17.0 Å². The molecular formula is C19H21BrN2O3S. The van der Waals surface area contributed by atoms with E-state index in [4.69, 9.17) is 0 Å². The van der Waals surface area contributed by atoms with Crippen molar-refractivity contribution in [2.24, 2.45) is 0 Å². The minimum atomic E-state index is -3.43. The molecule has 7 heteroatoms. The van der Waals surface area contributed by atoms with Gasteiger partial charge in [-0.15, -0.1) is 0 Å². The predicted molar refractivity (Wildman–Crippen MR) is 106 cm³/mol. The maximum Gasteiger partial charge on any atom is 0.240 e. The highest BCUT2D eigenvalue weighted by atomic mass is 79.9. The van der Waals surface area contributed by atoms with Gasteiger partial charge in [-0.2, -0.15) is 0 Å². The second-order valence-electron chi connectivity index (χ2n) is 6.44.